The summed E-state index contributed by atoms with van der Waals surface area (Å²) in [7, 11) is 0. The number of carboxylic acid groups (broad SMARTS) is 1. The fourth-order valence-corrected chi connectivity index (χ4v) is 1.78. The van der Waals surface area contributed by atoms with Crippen molar-refractivity contribution in [2.45, 2.75) is 12.6 Å². The van der Waals surface area contributed by atoms with Gasteiger partial charge in [0.2, 0.25) is 5.91 Å². The highest BCUT2D eigenvalue weighted by Crippen LogP contribution is 2.13. The molecule has 8 heteroatoms. The highest BCUT2D eigenvalue weighted by Gasteiger charge is 2.28. The van der Waals surface area contributed by atoms with Crippen molar-refractivity contribution in [3.63, 3.8) is 0 Å². The first-order valence-corrected chi connectivity index (χ1v) is 5.38. The molecule has 0 saturated carbocycles. The van der Waals surface area contributed by atoms with Crippen molar-refractivity contribution < 1.29 is 24.0 Å². The largest absolute Gasteiger partial charge is 0.476 e. The number of hydrogen-bond donors (Lipinski definition) is 2. The molecule has 0 radical (unpaired) electrons. The van der Waals surface area contributed by atoms with Crippen LogP contribution < -0.4 is 5.73 Å². The van der Waals surface area contributed by atoms with Crippen LogP contribution >= 0.6 is 0 Å². The molecular weight excluding hydrogens is 242 g/mol. The van der Waals surface area contributed by atoms with E-state index in [-0.39, 0.29) is 18.8 Å². The number of carboxylic acids is 1. The number of amides is 1. The zero-order chi connectivity index (χ0) is 13.1. The molecule has 1 amide bonds. The van der Waals surface area contributed by atoms with E-state index < -0.39 is 17.9 Å². The van der Waals surface area contributed by atoms with Gasteiger partial charge >= 0.3 is 5.97 Å². The van der Waals surface area contributed by atoms with Crippen molar-refractivity contribution in [1.29, 1.82) is 0 Å². The summed E-state index contributed by atoms with van der Waals surface area (Å²) in [5, 5.41) is 12.1. The van der Waals surface area contributed by atoms with Gasteiger partial charge in [-0.2, -0.15) is 0 Å². The zero-order valence-corrected chi connectivity index (χ0v) is 9.54. The van der Waals surface area contributed by atoms with Crippen LogP contribution in [0.3, 0.4) is 0 Å². The molecule has 18 heavy (non-hydrogen) atoms. The van der Waals surface area contributed by atoms with Crippen molar-refractivity contribution in [3.05, 3.63) is 17.5 Å². The van der Waals surface area contributed by atoms with E-state index in [1.807, 2.05) is 0 Å². The van der Waals surface area contributed by atoms with Gasteiger partial charge in [-0.25, -0.2) is 4.79 Å². The van der Waals surface area contributed by atoms with Gasteiger partial charge in [0.15, 0.2) is 11.5 Å². The van der Waals surface area contributed by atoms with E-state index in [1.54, 1.807) is 4.90 Å². The number of aromatic carboxylic acids is 1. The van der Waals surface area contributed by atoms with Crippen molar-refractivity contribution in [1.82, 2.24) is 10.1 Å². The van der Waals surface area contributed by atoms with Crippen LogP contribution in [0.25, 0.3) is 0 Å². The van der Waals surface area contributed by atoms with Gasteiger partial charge in [-0.15, -0.1) is 0 Å². The third-order valence-electron chi connectivity index (χ3n) is 2.70. The smallest absolute Gasteiger partial charge is 0.358 e. The molecule has 0 aromatic carbocycles. The minimum absolute atomic E-state index is 0.158. The van der Waals surface area contributed by atoms with Gasteiger partial charge in [0.05, 0.1) is 19.8 Å². The molecular formula is C10H13N3O5. The molecule has 3 N–H and O–H groups in total. The molecule has 2 heterocycles. The number of carbonyl (C=O) groups excluding carboxylic acids is 1. The molecule has 0 bridgehead atoms. The van der Waals surface area contributed by atoms with Crippen molar-refractivity contribution in [2.24, 2.45) is 5.73 Å². The Labute approximate surface area is 102 Å². The van der Waals surface area contributed by atoms with Gasteiger partial charge in [-0.05, 0) is 0 Å². The maximum Gasteiger partial charge on any atom is 0.358 e. The third-order valence-corrected chi connectivity index (χ3v) is 2.70. The average Bonchev–Trinajstić information content (AvgIpc) is 2.78. The Balaban J connectivity index is 2.06. The van der Waals surface area contributed by atoms with Gasteiger partial charge in [-0.3, -0.25) is 9.69 Å². The summed E-state index contributed by atoms with van der Waals surface area (Å²) in [5.41, 5.74) is 5.11. The number of nitrogens with zero attached hydrogens (tertiary/aromatic N) is 2. The number of hydrogen-bond acceptors (Lipinski definition) is 6. The van der Waals surface area contributed by atoms with Crippen LogP contribution in [0.1, 0.15) is 16.2 Å². The van der Waals surface area contributed by atoms with E-state index >= 15 is 0 Å². The highest BCUT2D eigenvalue weighted by molar-refractivity contribution is 5.85. The molecule has 1 saturated heterocycles. The third kappa shape index (κ3) is 2.66. The molecule has 8 nitrogen and oxygen atoms in total. The summed E-state index contributed by atoms with van der Waals surface area (Å²) in [6.45, 7) is 1.52. The molecule has 1 atom stereocenters. The Bertz CT molecular complexity index is 458. The lowest BCUT2D eigenvalue weighted by molar-refractivity contribution is -0.129. The molecule has 0 aliphatic carbocycles. The van der Waals surface area contributed by atoms with Crippen LogP contribution in [-0.4, -0.2) is 52.8 Å². The van der Waals surface area contributed by atoms with Gasteiger partial charge in [0.25, 0.3) is 0 Å². The summed E-state index contributed by atoms with van der Waals surface area (Å²) in [6, 6.07) is 0.799. The number of carbonyl (C=O) groups is 2. The Morgan fingerprint density at radius 2 is 2.39 bits per heavy atom. The highest BCUT2D eigenvalue weighted by atomic mass is 16.5. The van der Waals surface area contributed by atoms with Gasteiger partial charge in [0.1, 0.15) is 6.04 Å². The Morgan fingerprint density at radius 3 is 3.00 bits per heavy atom. The predicted molar refractivity (Wildman–Crippen MR) is 57.7 cm³/mol. The Kier molecular flexibility index (Phi) is 3.58. The van der Waals surface area contributed by atoms with E-state index in [2.05, 4.69) is 5.16 Å². The molecule has 1 unspecified atom stereocenters. The second kappa shape index (κ2) is 5.15. The molecule has 1 aliphatic heterocycles. The average molecular weight is 255 g/mol. The first-order chi connectivity index (χ1) is 8.58. The molecule has 1 aromatic rings. The second-order valence-corrected chi connectivity index (χ2v) is 3.95. The predicted octanol–water partition coefficient (Wildman–Crippen LogP) is -0.941. The number of nitrogens with two attached hydrogens (primary N) is 1. The molecule has 1 aromatic heterocycles. The molecule has 1 fully saturated rings. The maximum absolute atomic E-state index is 11.2. The van der Waals surface area contributed by atoms with Crippen molar-refractivity contribution >= 4 is 11.9 Å². The van der Waals surface area contributed by atoms with E-state index in [9.17, 15) is 9.59 Å². The van der Waals surface area contributed by atoms with Crippen LogP contribution in [0.15, 0.2) is 10.6 Å². The van der Waals surface area contributed by atoms with Gasteiger partial charge in [0, 0.05) is 12.6 Å². The van der Waals surface area contributed by atoms with Crippen molar-refractivity contribution in [2.75, 3.05) is 19.8 Å². The normalized spacial score (nSPS) is 20.8. The monoisotopic (exact) mass is 255 g/mol. The Morgan fingerprint density at radius 1 is 1.61 bits per heavy atom. The van der Waals surface area contributed by atoms with Crippen LogP contribution in [-0.2, 0) is 16.1 Å². The maximum atomic E-state index is 11.2. The number of morpholine rings is 1. The minimum atomic E-state index is -1.15. The lowest BCUT2D eigenvalue weighted by atomic mass is 10.2. The minimum Gasteiger partial charge on any atom is -0.476 e. The summed E-state index contributed by atoms with van der Waals surface area (Å²) in [6.07, 6.45) is 0. The quantitative estimate of drug-likeness (QED) is 0.712. The first kappa shape index (κ1) is 12.5. The van der Waals surface area contributed by atoms with Gasteiger partial charge < -0.3 is 20.1 Å². The lowest BCUT2D eigenvalue weighted by Gasteiger charge is -2.32. The van der Waals surface area contributed by atoms with Crippen LogP contribution in [0.5, 0.6) is 0 Å². The fourth-order valence-electron chi connectivity index (χ4n) is 1.78. The number of aromatic nitrogens is 1. The lowest BCUT2D eigenvalue weighted by Crippen LogP contribution is -2.51. The number of ether oxygens (including phenoxy) is 1. The SMILES string of the molecule is NC(=O)C1COCCN1Cc1cc(C(=O)O)no1. The van der Waals surface area contributed by atoms with Crippen LogP contribution in [0.4, 0.5) is 0 Å². The number of rotatable bonds is 4. The zero-order valence-electron chi connectivity index (χ0n) is 9.54. The second-order valence-electron chi connectivity index (χ2n) is 3.95. The topological polar surface area (TPSA) is 119 Å². The van der Waals surface area contributed by atoms with E-state index in [4.69, 9.17) is 20.1 Å². The van der Waals surface area contributed by atoms with E-state index in [0.717, 1.165) is 0 Å². The molecule has 0 spiro atoms. The summed E-state index contributed by atoms with van der Waals surface area (Å²) in [4.78, 5) is 23.7. The summed E-state index contributed by atoms with van der Waals surface area (Å²) < 4.78 is 10.1. The molecule has 2 rings (SSSR count). The van der Waals surface area contributed by atoms with Crippen LogP contribution in [0.2, 0.25) is 0 Å². The Hall–Kier alpha value is -1.93. The first-order valence-electron chi connectivity index (χ1n) is 5.38. The summed E-state index contributed by atoms with van der Waals surface area (Å²) >= 11 is 0. The van der Waals surface area contributed by atoms with Crippen LogP contribution in [0, 0.1) is 0 Å². The standard InChI is InChI=1S/C10H13N3O5/c11-9(14)8-5-17-2-1-13(8)4-6-3-7(10(15)16)12-18-6/h3,8H,1-2,4-5H2,(H2,11,14)(H,15,16). The van der Waals surface area contributed by atoms with Crippen molar-refractivity contribution in [3.8, 4) is 0 Å². The van der Waals surface area contributed by atoms with E-state index in [1.165, 1.54) is 6.07 Å². The molecule has 98 valence electrons. The number of primary amides is 1. The fraction of sp³-hybridized carbons (Fsp3) is 0.500. The van der Waals surface area contributed by atoms with Gasteiger partial charge in [-0.1, -0.05) is 5.16 Å². The summed E-state index contributed by atoms with van der Waals surface area (Å²) in [5.74, 6) is -1.26. The molecule has 1 aliphatic rings. The van der Waals surface area contributed by atoms with E-state index in [0.29, 0.717) is 18.9 Å².